The second-order valence-corrected chi connectivity index (χ2v) is 8.42. The molecule has 1 aliphatic heterocycles. The highest BCUT2D eigenvalue weighted by atomic mass is 127. The SMILES string of the molecule is CCCOc1c(I)cc(C=C2SC(=Nc3ccccc3Cl)NC2=O)cc1OC. The van der Waals surface area contributed by atoms with Gasteiger partial charge in [-0.1, -0.05) is 30.7 Å². The molecule has 0 aromatic heterocycles. The molecule has 0 saturated carbocycles. The van der Waals surface area contributed by atoms with Gasteiger partial charge in [-0.15, -0.1) is 0 Å². The van der Waals surface area contributed by atoms with Crippen molar-refractivity contribution >= 4 is 68.8 Å². The number of nitrogens with one attached hydrogen (secondary N) is 1. The lowest BCUT2D eigenvalue weighted by molar-refractivity contribution is -0.115. The molecule has 2 aromatic carbocycles. The van der Waals surface area contributed by atoms with E-state index in [0.29, 0.717) is 33.1 Å². The number of amidine groups is 1. The number of carbonyl (C=O) groups is 1. The first-order chi connectivity index (χ1) is 13.5. The molecule has 1 aliphatic rings. The summed E-state index contributed by atoms with van der Waals surface area (Å²) in [5.41, 5.74) is 1.46. The summed E-state index contributed by atoms with van der Waals surface area (Å²) < 4.78 is 12.2. The molecule has 0 radical (unpaired) electrons. The van der Waals surface area contributed by atoms with Gasteiger partial charge < -0.3 is 14.8 Å². The molecule has 0 atom stereocenters. The third-order valence-electron chi connectivity index (χ3n) is 3.73. The van der Waals surface area contributed by atoms with Crippen LogP contribution in [0.4, 0.5) is 5.69 Å². The van der Waals surface area contributed by atoms with Crippen LogP contribution in [0.1, 0.15) is 18.9 Å². The lowest BCUT2D eigenvalue weighted by atomic mass is 10.2. The molecule has 146 valence electrons. The number of para-hydroxylation sites is 1. The maximum Gasteiger partial charge on any atom is 0.264 e. The maximum absolute atomic E-state index is 12.3. The molecule has 0 spiro atoms. The number of halogens is 2. The molecule has 8 heteroatoms. The normalized spacial score (nSPS) is 16.5. The molecule has 0 unspecified atom stereocenters. The summed E-state index contributed by atoms with van der Waals surface area (Å²) in [4.78, 5) is 17.3. The van der Waals surface area contributed by atoms with Crippen molar-refractivity contribution in [2.75, 3.05) is 13.7 Å². The van der Waals surface area contributed by atoms with Gasteiger partial charge >= 0.3 is 0 Å². The highest BCUT2D eigenvalue weighted by molar-refractivity contribution is 14.1. The Morgan fingerprint density at radius 1 is 1.32 bits per heavy atom. The van der Waals surface area contributed by atoms with Gasteiger partial charge in [0.05, 0.1) is 32.9 Å². The molecule has 2 aromatic rings. The minimum Gasteiger partial charge on any atom is -0.493 e. The van der Waals surface area contributed by atoms with Crippen LogP contribution >= 0.6 is 46.0 Å². The molecule has 1 heterocycles. The summed E-state index contributed by atoms with van der Waals surface area (Å²) >= 11 is 9.62. The molecule has 1 N–H and O–H groups in total. The van der Waals surface area contributed by atoms with Gasteiger partial charge in [0.25, 0.3) is 5.91 Å². The first-order valence-electron chi connectivity index (χ1n) is 8.56. The maximum atomic E-state index is 12.3. The average Bonchev–Trinajstić information content (AvgIpc) is 3.01. The summed E-state index contributed by atoms with van der Waals surface area (Å²) in [6.07, 6.45) is 2.72. The predicted octanol–water partition coefficient (Wildman–Crippen LogP) is 5.63. The second-order valence-electron chi connectivity index (χ2n) is 5.82. The van der Waals surface area contributed by atoms with Crippen LogP contribution in [0.5, 0.6) is 11.5 Å². The van der Waals surface area contributed by atoms with Crippen molar-refractivity contribution in [1.29, 1.82) is 0 Å². The highest BCUT2D eigenvalue weighted by Crippen LogP contribution is 2.36. The van der Waals surface area contributed by atoms with Gasteiger partial charge in [0.15, 0.2) is 16.7 Å². The Balaban J connectivity index is 1.86. The van der Waals surface area contributed by atoms with Crippen LogP contribution in [0.2, 0.25) is 5.02 Å². The van der Waals surface area contributed by atoms with Crippen LogP contribution < -0.4 is 14.8 Å². The number of thioether (sulfide) groups is 1. The lowest BCUT2D eigenvalue weighted by Gasteiger charge is -2.13. The van der Waals surface area contributed by atoms with Gasteiger partial charge in [0, 0.05) is 0 Å². The van der Waals surface area contributed by atoms with E-state index in [2.05, 4.69) is 39.8 Å². The Morgan fingerprint density at radius 3 is 2.82 bits per heavy atom. The summed E-state index contributed by atoms with van der Waals surface area (Å²) in [5.74, 6) is 1.16. The third-order valence-corrected chi connectivity index (χ3v) is 5.76. The van der Waals surface area contributed by atoms with Gasteiger partial charge in [-0.25, -0.2) is 4.99 Å². The van der Waals surface area contributed by atoms with Gasteiger partial charge in [0.1, 0.15) is 0 Å². The van der Waals surface area contributed by atoms with E-state index in [1.807, 2.05) is 30.3 Å². The van der Waals surface area contributed by atoms with Crippen molar-refractivity contribution in [3.05, 3.63) is 55.5 Å². The summed E-state index contributed by atoms with van der Waals surface area (Å²) in [6.45, 7) is 2.67. The third kappa shape index (κ3) is 5.01. The molecular formula is C20H18ClIN2O3S. The molecule has 5 nitrogen and oxygen atoms in total. The topological polar surface area (TPSA) is 59.9 Å². The van der Waals surface area contributed by atoms with Crippen molar-refractivity contribution < 1.29 is 14.3 Å². The molecule has 1 amide bonds. The van der Waals surface area contributed by atoms with Gasteiger partial charge in [-0.3, -0.25) is 4.79 Å². The lowest BCUT2D eigenvalue weighted by Crippen LogP contribution is -2.19. The van der Waals surface area contributed by atoms with Crippen LogP contribution in [0.15, 0.2) is 46.3 Å². The predicted molar refractivity (Wildman–Crippen MR) is 124 cm³/mol. The van der Waals surface area contributed by atoms with E-state index < -0.39 is 0 Å². The first-order valence-corrected chi connectivity index (χ1v) is 10.8. The number of amides is 1. The Kier molecular flexibility index (Phi) is 7.25. The fourth-order valence-electron chi connectivity index (χ4n) is 2.45. The molecule has 0 bridgehead atoms. The zero-order valence-corrected chi connectivity index (χ0v) is 19.0. The number of methoxy groups -OCH3 is 1. The summed E-state index contributed by atoms with van der Waals surface area (Å²) in [5, 5.41) is 3.80. The Morgan fingerprint density at radius 2 is 2.11 bits per heavy atom. The van der Waals surface area contributed by atoms with Crippen molar-refractivity contribution in [3.63, 3.8) is 0 Å². The quantitative estimate of drug-likeness (QED) is 0.390. The monoisotopic (exact) mass is 528 g/mol. The number of benzene rings is 2. The number of hydrogen-bond acceptors (Lipinski definition) is 5. The first kappa shape index (κ1) is 21.0. The van der Waals surface area contributed by atoms with Crippen LogP contribution in [-0.2, 0) is 4.79 Å². The Bertz CT molecular complexity index is 962. The number of rotatable bonds is 6. The van der Waals surface area contributed by atoms with Crippen LogP contribution in [-0.4, -0.2) is 24.8 Å². The molecule has 1 fully saturated rings. The molecule has 0 aliphatic carbocycles. The van der Waals surface area contributed by atoms with E-state index in [4.69, 9.17) is 21.1 Å². The smallest absolute Gasteiger partial charge is 0.264 e. The van der Waals surface area contributed by atoms with Crippen LogP contribution in [0, 0.1) is 3.57 Å². The summed E-state index contributed by atoms with van der Waals surface area (Å²) in [7, 11) is 1.60. The van der Waals surface area contributed by atoms with Gasteiger partial charge in [-0.05, 0) is 76.7 Å². The van der Waals surface area contributed by atoms with Crippen LogP contribution in [0.25, 0.3) is 6.08 Å². The molecule has 28 heavy (non-hydrogen) atoms. The van der Waals surface area contributed by atoms with E-state index in [1.165, 1.54) is 11.8 Å². The Hall–Kier alpha value is -1.71. The number of carbonyl (C=O) groups excluding carboxylic acids is 1. The number of ether oxygens (including phenoxy) is 2. The zero-order valence-electron chi connectivity index (χ0n) is 15.3. The Labute approximate surface area is 186 Å². The largest absolute Gasteiger partial charge is 0.493 e. The van der Waals surface area contributed by atoms with E-state index in [9.17, 15) is 4.79 Å². The highest BCUT2D eigenvalue weighted by Gasteiger charge is 2.24. The van der Waals surface area contributed by atoms with E-state index in [1.54, 1.807) is 19.2 Å². The minimum atomic E-state index is -0.198. The molecule has 1 saturated heterocycles. The average molecular weight is 529 g/mol. The van der Waals surface area contributed by atoms with Crippen molar-refractivity contribution in [1.82, 2.24) is 5.32 Å². The van der Waals surface area contributed by atoms with Gasteiger partial charge in [-0.2, -0.15) is 0 Å². The summed E-state index contributed by atoms with van der Waals surface area (Å²) in [6, 6.07) is 11.1. The van der Waals surface area contributed by atoms with E-state index >= 15 is 0 Å². The minimum absolute atomic E-state index is 0.198. The van der Waals surface area contributed by atoms with Crippen molar-refractivity contribution in [2.24, 2.45) is 4.99 Å². The van der Waals surface area contributed by atoms with Gasteiger partial charge in [0.2, 0.25) is 0 Å². The van der Waals surface area contributed by atoms with Crippen LogP contribution in [0.3, 0.4) is 0 Å². The van der Waals surface area contributed by atoms with E-state index in [-0.39, 0.29) is 5.91 Å². The number of hydrogen-bond donors (Lipinski definition) is 1. The molecular weight excluding hydrogens is 511 g/mol. The molecule has 3 rings (SSSR count). The fraction of sp³-hybridized carbons (Fsp3) is 0.200. The second kappa shape index (κ2) is 9.67. The fourth-order valence-corrected chi connectivity index (χ4v) is 4.24. The van der Waals surface area contributed by atoms with Crippen molar-refractivity contribution in [3.8, 4) is 11.5 Å². The van der Waals surface area contributed by atoms with Crippen molar-refractivity contribution in [2.45, 2.75) is 13.3 Å². The zero-order chi connectivity index (χ0) is 20.1. The number of aliphatic imine (C=N–C) groups is 1. The number of nitrogens with zero attached hydrogens (tertiary/aromatic N) is 1. The van der Waals surface area contributed by atoms with E-state index in [0.717, 1.165) is 21.3 Å². The standard InChI is InChI=1S/C20H18ClIN2O3S/c1-3-8-27-18-14(22)9-12(10-16(18)26-2)11-17-19(25)24-20(28-17)23-15-7-5-4-6-13(15)21/h4-7,9-11H,3,8H2,1-2H3,(H,23,24,25).